The van der Waals surface area contributed by atoms with E-state index in [0.29, 0.717) is 30.3 Å². The predicted molar refractivity (Wildman–Crippen MR) is 73.4 cm³/mol. The highest BCUT2D eigenvalue weighted by molar-refractivity contribution is 5.00. The largest absolute Gasteiger partial charge is 0.393 e. The second-order valence-electron chi connectivity index (χ2n) is 6.97. The Morgan fingerprint density at radius 3 is 2.30 bits per heavy atom. The summed E-state index contributed by atoms with van der Waals surface area (Å²) in [6.07, 6.45) is 10.4. The van der Waals surface area contributed by atoms with Gasteiger partial charge in [0.2, 0.25) is 0 Å². The van der Waals surface area contributed by atoms with Crippen molar-refractivity contribution in [2.45, 2.75) is 75.5 Å². The number of rotatable bonds is 0. The highest BCUT2D eigenvalue weighted by Gasteiger charge is 2.53. The molecule has 0 spiro atoms. The summed E-state index contributed by atoms with van der Waals surface area (Å²) in [5.41, 5.74) is 0. The minimum Gasteiger partial charge on any atom is -0.393 e. The summed E-state index contributed by atoms with van der Waals surface area (Å²) in [7, 11) is 0. The number of fused-ring (bicyclic) bond motifs is 4. The van der Waals surface area contributed by atoms with E-state index in [0.717, 1.165) is 25.6 Å². The van der Waals surface area contributed by atoms with Gasteiger partial charge in [-0.3, -0.25) is 0 Å². The van der Waals surface area contributed by atoms with Crippen molar-refractivity contribution in [1.29, 1.82) is 0 Å². The van der Waals surface area contributed by atoms with Crippen molar-refractivity contribution >= 4 is 0 Å². The molecule has 0 unspecified atom stereocenters. The number of aliphatic hydroxyl groups excluding tert-OH is 1. The lowest BCUT2D eigenvalue weighted by Gasteiger charge is -2.30. The Labute approximate surface area is 120 Å². The molecule has 0 amide bonds. The van der Waals surface area contributed by atoms with Gasteiger partial charge in [0, 0.05) is 18.4 Å². The van der Waals surface area contributed by atoms with E-state index in [9.17, 15) is 5.11 Å². The van der Waals surface area contributed by atoms with Crippen LogP contribution in [0.1, 0.15) is 44.9 Å². The van der Waals surface area contributed by atoms with E-state index in [1.54, 1.807) is 0 Å². The van der Waals surface area contributed by atoms with Crippen molar-refractivity contribution in [1.82, 2.24) is 0 Å². The van der Waals surface area contributed by atoms with Crippen molar-refractivity contribution in [2.24, 2.45) is 11.8 Å². The summed E-state index contributed by atoms with van der Waals surface area (Å²) in [6.45, 7) is 1.63. The van der Waals surface area contributed by atoms with Crippen molar-refractivity contribution < 1.29 is 19.3 Å². The van der Waals surface area contributed by atoms with Crippen LogP contribution in [0.15, 0.2) is 0 Å². The molecule has 4 heteroatoms. The zero-order valence-electron chi connectivity index (χ0n) is 12.1. The second-order valence-corrected chi connectivity index (χ2v) is 6.97. The van der Waals surface area contributed by atoms with Gasteiger partial charge in [-0.15, -0.1) is 0 Å². The molecule has 1 N–H and O–H groups in total. The first kappa shape index (κ1) is 13.5. The first-order chi connectivity index (χ1) is 9.83. The SMILES string of the molecule is C1C[C@@H]2[C@@H]3O[C@@H]3CO[C@H]2C1.O[C@@H]1CCO[C@H]2CCC[C@H]12. The van der Waals surface area contributed by atoms with Gasteiger partial charge in [-0.1, -0.05) is 12.8 Å². The molecule has 0 radical (unpaired) electrons. The molecule has 114 valence electrons. The molecule has 0 aromatic heterocycles. The van der Waals surface area contributed by atoms with E-state index in [1.807, 2.05) is 0 Å². The minimum atomic E-state index is -0.0683. The fraction of sp³-hybridized carbons (Fsp3) is 1.00. The molecular weight excluding hydrogens is 256 g/mol. The van der Waals surface area contributed by atoms with Crippen molar-refractivity contribution in [2.75, 3.05) is 13.2 Å². The average molecular weight is 282 g/mol. The van der Waals surface area contributed by atoms with E-state index >= 15 is 0 Å². The fourth-order valence-electron chi connectivity index (χ4n) is 4.58. The summed E-state index contributed by atoms with van der Waals surface area (Å²) in [5.74, 6) is 1.23. The van der Waals surface area contributed by atoms with Crippen molar-refractivity contribution in [3.8, 4) is 0 Å². The normalized spacial score (nSPS) is 52.4. The summed E-state index contributed by atoms with van der Waals surface area (Å²) in [6, 6.07) is 0. The van der Waals surface area contributed by atoms with Crippen LogP contribution in [-0.4, -0.2) is 48.8 Å². The third-order valence-corrected chi connectivity index (χ3v) is 5.77. The highest BCUT2D eigenvalue weighted by Crippen LogP contribution is 2.44. The Balaban J connectivity index is 0.000000106. The lowest BCUT2D eigenvalue weighted by atomic mass is 9.94. The Hall–Kier alpha value is -0.160. The Morgan fingerprint density at radius 2 is 1.50 bits per heavy atom. The number of hydrogen-bond acceptors (Lipinski definition) is 4. The first-order valence-corrected chi connectivity index (χ1v) is 8.39. The number of epoxide rings is 1. The van der Waals surface area contributed by atoms with Crippen LogP contribution in [0.3, 0.4) is 0 Å². The number of hydrogen-bond donors (Lipinski definition) is 1. The molecule has 0 aromatic carbocycles. The molecule has 2 saturated carbocycles. The molecule has 3 heterocycles. The quantitative estimate of drug-likeness (QED) is 0.689. The molecule has 4 nitrogen and oxygen atoms in total. The highest BCUT2D eigenvalue weighted by atomic mass is 16.6. The first-order valence-electron chi connectivity index (χ1n) is 8.39. The molecule has 5 rings (SSSR count). The molecule has 5 fully saturated rings. The molecule has 20 heavy (non-hydrogen) atoms. The zero-order valence-corrected chi connectivity index (χ0v) is 12.1. The molecule has 7 atom stereocenters. The van der Waals surface area contributed by atoms with Gasteiger partial charge in [-0.2, -0.15) is 0 Å². The lowest BCUT2D eigenvalue weighted by molar-refractivity contribution is -0.0765. The molecule has 0 bridgehead atoms. The van der Waals surface area contributed by atoms with Gasteiger partial charge in [0.05, 0.1) is 31.0 Å². The lowest BCUT2D eigenvalue weighted by Crippen LogP contribution is -2.35. The Morgan fingerprint density at radius 1 is 0.750 bits per heavy atom. The maximum Gasteiger partial charge on any atom is 0.108 e. The number of aliphatic hydroxyl groups is 1. The van der Waals surface area contributed by atoms with Crippen LogP contribution in [0.2, 0.25) is 0 Å². The summed E-state index contributed by atoms with van der Waals surface area (Å²) < 4.78 is 16.6. The van der Waals surface area contributed by atoms with Crippen LogP contribution in [-0.2, 0) is 14.2 Å². The molecule has 3 saturated heterocycles. The molecule has 3 aliphatic heterocycles. The monoisotopic (exact) mass is 282 g/mol. The fourth-order valence-corrected chi connectivity index (χ4v) is 4.58. The van der Waals surface area contributed by atoms with Crippen LogP contribution in [0.5, 0.6) is 0 Å². The van der Waals surface area contributed by atoms with E-state index in [2.05, 4.69) is 0 Å². The molecule has 0 aromatic rings. The summed E-state index contributed by atoms with van der Waals surface area (Å²) in [5, 5.41) is 9.50. The van der Waals surface area contributed by atoms with E-state index in [-0.39, 0.29) is 6.10 Å². The molecule has 2 aliphatic carbocycles. The second kappa shape index (κ2) is 5.56. The van der Waals surface area contributed by atoms with E-state index in [1.165, 1.54) is 38.5 Å². The Bertz CT molecular complexity index is 333. The van der Waals surface area contributed by atoms with Gasteiger partial charge in [0.25, 0.3) is 0 Å². The summed E-state index contributed by atoms with van der Waals surface area (Å²) >= 11 is 0. The minimum absolute atomic E-state index is 0.0683. The molecule has 5 aliphatic rings. The van der Waals surface area contributed by atoms with Gasteiger partial charge < -0.3 is 19.3 Å². The standard InChI is InChI=1S/C8H12O2.C8H14O2/c1-2-5-6(3-1)9-4-7-8(5)10-7;9-7-4-5-10-8-3-1-2-6(7)8/h5-8H,1-4H2;6-9H,1-5H2/t5-,6-,7+,8-;6-,7-,8+/m01/s1. The van der Waals surface area contributed by atoms with Crippen LogP contribution in [0.25, 0.3) is 0 Å². The molecular formula is C16H26O4. The van der Waals surface area contributed by atoms with E-state index in [4.69, 9.17) is 14.2 Å². The maximum atomic E-state index is 9.50. The topological polar surface area (TPSA) is 51.2 Å². The van der Waals surface area contributed by atoms with Gasteiger partial charge in [-0.25, -0.2) is 0 Å². The zero-order chi connectivity index (χ0) is 13.5. The van der Waals surface area contributed by atoms with Gasteiger partial charge in [0.15, 0.2) is 0 Å². The number of ether oxygens (including phenoxy) is 3. The van der Waals surface area contributed by atoms with Crippen molar-refractivity contribution in [3.05, 3.63) is 0 Å². The smallest absolute Gasteiger partial charge is 0.108 e. The Kier molecular flexibility index (Phi) is 3.75. The van der Waals surface area contributed by atoms with Gasteiger partial charge in [0.1, 0.15) is 6.10 Å². The van der Waals surface area contributed by atoms with E-state index < -0.39 is 0 Å². The predicted octanol–water partition coefficient (Wildman–Crippen LogP) is 1.89. The maximum absolute atomic E-state index is 9.50. The van der Waals surface area contributed by atoms with Gasteiger partial charge in [-0.05, 0) is 32.1 Å². The summed E-state index contributed by atoms with van der Waals surface area (Å²) in [4.78, 5) is 0. The average Bonchev–Trinajstić information content (AvgIpc) is 2.91. The third-order valence-electron chi connectivity index (χ3n) is 5.77. The third kappa shape index (κ3) is 2.52. The van der Waals surface area contributed by atoms with Crippen LogP contribution >= 0.6 is 0 Å². The van der Waals surface area contributed by atoms with Crippen LogP contribution in [0.4, 0.5) is 0 Å². The van der Waals surface area contributed by atoms with Crippen LogP contribution < -0.4 is 0 Å². The van der Waals surface area contributed by atoms with Crippen LogP contribution in [0, 0.1) is 11.8 Å². The van der Waals surface area contributed by atoms with Gasteiger partial charge >= 0.3 is 0 Å². The van der Waals surface area contributed by atoms with Crippen molar-refractivity contribution in [3.63, 3.8) is 0 Å².